The lowest BCUT2D eigenvalue weighted by molar-refractivity contribution is -0.135. The van der Waals surface area contributed by atoms with Crippen molar-refractivity contribution in [3.8, 4) is 5.75 Å². The number of benzene rings is 4. The predicted molar refractivity (Wildman–Crippen MR) is 105 cm³/mol. The molecule has 2 nitrogen and oxygen atoms in total. The first-order valence-electron chi connectivity index (χ1n) is 9.24. The SMILES string of the molecule is O=C1Oc2cccc3ccc4c(c23)C1c1ccccc1C4c1ccccc1. The molecular formula is C25H16O2. The molecule has 4 aromatic carbocycles. The summed E-state index contributed by atoms with van der Waals surface area (Å²) in [7, 11) is 0. The minimum Gasteiger partial charge on any atom is -0.425 e. The van der Waals surface area contributed by atoms with E-state index in [0.717, 1.165) is 21.9 Å². The van der Waals surface area contributed by atoms with Crippen molar-refractivity contribution >= 4 is 16.7 Å². The number of fused-ring (bicyclic) bond motifs is 2. The third kappa shape index (κ3) is 1.93. The molecule has 2 unspecified atom stereocenters. The van der Waals surface area contributed by atoms with Gasteiger partial charge in [0.25, 0.3) is 0 Å². The van der Waals surface area contributed by atoms with Gasteiger partial charge in [-0.25, -0.2) is 0 Å². The molecular weight excluding hydrogens is 332 g/mol. The zero-order chi connectivity index (χ0) is 18.0. The van der Waals surface area contributed by atoms with Gasteiger partial charge in [0.15, 0.2) is 0 Å². The van der Waals surface area contributed by atoms with Gasteiger partial charge in [0, 0.05) is 11.3 Å². The summed E-state index contributed by atoms with van der Waals surface area (Å²) >= 11 is 0. The lowest BCUT2D eigenvalue weighted by Gasteiger charge is -2.36. The van der Waals surface area contributed by atoms with Gasteiger partial charge >= 0.3 is 5.97 Å². The zero-order valence-corrected chi connectivity index (χ0v) is 14.6. The van der Waals surface area contributed by atoms with Gasteiger partial charge in [-0.3, -0.25) is 4.79 Å². The lowest BCUT2D eigenvalue weighted by atomic mass is 9.68. The van der Waals surface area contributed by atoms with Crippen LogP contribution in [0.25, 0.3) is 10.8 Å². The number of carbonyl (C=O) groups is 1. The summed E-state index contributed by atoms with van der Waals surface area (Å²) in [6, 6.07) is 29.1. The van der Waals surface area contributed by atoms with Crippen molar-refractivity contribution in [1.29, 1.82) is 0 Å². The summed E-state index contributed by atoms with van der Waals surface area (Å²) in [4.78, 5) is 13.0. The van der Waals surface area contributed by atoms with Gasteiger partial charge < -0.3 is 4.74 Å². The van der Waals surface area contributed by atoms with Gasteiger partial charge in [-0.15, -0.1) is 0 Å². The number of esters is 1. The van der Waals surface area contributed by atoms with Crippen LogP contribution in [0.3, 0.4) is 0 Å². The molecule has 128 valence electrons. The van der Waals surface area contributed by atoms with E-state index in [-0.39, 0.29) is 17.8 Å². The van der Waals surface area contributed by atoms with Gasteiger partial charge in [-0.05, 0) is 39.3 Å². The smallest absolute Gasteiger partial charge is 0.323 e. The molecule has 1 aliphatic carbocycles. The van der Waals surface area contributed by atoms with Crippen LogP contribution in [0.2, 0.25) is 0 Å². The van der Waals surface area contributed by atoms with Crippen molar-refractivity contribution < 1.29 is 9.53 Å². The molecule has 0 radical (unpaired) electrons. The van der Waals surface area contributed by atoms with Gasteiger partial charge in [0.05, 0.1) is 0 Å². The molecule has 0 aromatic heterocycles. The Balaban J connectivity index is 1.77. The second kappa shape index (κ2) is 5.31. The Bertz CT molecular complexity index is 1220. The standard InChI is InChI=1S/C25H16O2/c26-25-24-18-11-5-4-10-17(18)21(15-7-2-1-3-8-15)19-14-13-16-9-6-12-20(27-25)22(16)23(19)24/h1-14,21,24H. The molecule has 0 spiro atoms. The maximum atomic E-state index is 13.0. The first-order valence-corrected chi connectivity index (χ1v) is 9.24. The molecule has 0 bridgehead atoms. The van der Waals surface area contributed by atoms with E-state index in [1.54, 1.807) is 0 Å². The van der Waals surface area contributed by atoms with E-state index in [0.29, 0.717) is 5.75 Å². The van der Waals surface area contributed by atoms with E-state index in [2.05, 4.69) is 60.7 Å². The van der Waals surface area contributed by atoms with Crippen LogP contribution in [-0.2, 0) is 4.79 Å². The molecule has 27 heavy (non-hydrogen) atoms. The number of ether oxygens (including phenoxy) is 1. The largest absolute Gasteiger partial charge is 0.425 e. The first-order chi connectivity index (χ1) is 13.3. The summed E-state index contributed by atoms with van der Waals surface area (Å²) in [5.41, 5.74) is 5.83. The van der Waals surface area contributed by atoms with E-state index >= 15 is 0 Å². The topological polar surface area (TPSA) is 26.3 Å². The molecule has 1 heterocycles. The number of carbonyl (C=O) groups excluding carboxylic acids is 1. The van der Waals surface area contributed by atoms with E-state index < -0.39 is 0 Å². The fourth-order valence-corrected chi connectivity index (χ4v) is 4.81. The average molecular weight is 348 g/mol. The number of hydrogen-bond donors (Lipinski definition) is 0. The van der Waals surface area contributed by atoms with Crippen LogP contribution in [0.1, 0.15) is 39.7 Å². The maximum Gasteiger partial charge on any atom is 0.323 e. The number of rotatable bonds is 1. The predicted octanol–water partition coefficient (Wildman–Crippen LogP) is 5.38. The molecule has 0 fully saturated rings. The van der Waals surface area contributed by atoms with Gasteiger partial charge in [0.2, 0.25) is 0 Å². The van der Waals surface area contributed by atoms with Crippen LogP contribution in [0.15, 0.2) is 84.9 Å². The van der Waals surface area contributed by atoms with Crippen LogP contribution in [0.5, 0.6) is 5.75 Å². The molecule has 2 atom stereocenters. The van der Waals surface area contributed by atoms with Crippen molar-refractivity contribution in [2.45, 2.75) is 11.8 Å². The highest BCUT2D eigenvalue weighted by Crippen LogP contribution is 2.52. The zero-order valence-electron chi connectivity index (χ0n) is 14.6. The van der Waals surface area contributed by atoms with Gasteiger partial charge in [-0.1, -0.05) is 78.9 Å². The minimum atomic E-state index is -0.352. The second-order valence-electron chi connectivity index (χ2n) is 7.25. The van der Waals surface area contributed by atoms with E-state index in [1.165, 1.54) is 16.7 Å². The van der Waals surface area contributed by atoms with E-state index in [1.807, 2.05) is 24.3 Å². The maximum absolute atomic E-state index is 13.0. The minimum absolute atomic E-state index is 0.122. The van der Waals surface area contributed by atoms with Crippen molar-refractivity contribution in [1.82, 2.24) is 0 Å². The van der Waals surface area contributed by atoms with Gasteiger partial charge in [-0.2, -0.15) is 0 Å². The van der Waals surface area contributed by atoms with Crippen molar-refractivity contribution in [2.75, 3.05) is 0 Å². The molecule has 0 saturated heterocycles. The van der Waals surface area contributed by atoms with Crippen LogP contribution >= 0.6 is 0 Å². The van der Waals surface area contributed by atoms with E-state index in [9.17, 15) is 4.79 Å². The average Bonchev–Trinajstić information content (AvgIpc) is 2.72. The van der Waals surface area contributed by atoms with Crippen LogP contribution < -0.4 is 4.74 Å². The molecule has 0 N–H and O–H groups in total. The van der Waals surface area contributed by atoms with Crippen molar-refractivity contribution in [2.24, 2.45) is 0 Å². The lowest BCUT2D eigenvalue weighted by Crippen LogP contribution is -2.30. The van der Waals surface area contributed by atoms with Crippen molar-refractivity contribution in [3.63, 3.8) is 0 Å². The molecule has 2 heteroatoms. The highest BCUT2D eigenvalue weighted by atomic mass is 16.5. The van der Waals surface area contributed by atoms with Gasteiger partial charge in [0.1, 0.15) is 11.7 Å². The molecule has 2 aliphatic rings. The summed E-state index contributed by atoms with van der Waals surface area (Å²) in [5.74, 6) is 0.268. The quantitative estimate of drug-likeness (QED) is 0.341. The molecule has 0 saturated carbocycles. The Kier molecular flexibility index (Phi) is 2.90. The van der Waals surface area contributed by atoms with Crippen LogP contribution in [-0.4, -0.2) is 5.97 Å². The third-order valence-corrected chi connectivity index (χ3v) is 5.88. The van der Waals surface area contributed by atoms with Crippen LogP contribution in [0, 0.1) is 0 Å². The Hall–Kier alpha value is -3.39. The summed E-state index contributed by atoms with van der Waals surface area (Å²) in [6.45, 7) is 0. The monoisotopic (exact) mass is 348 g/mol. The fourth-order valence-electron chi connectivity index (χ4n) is 4.81. The first kappa shape index (κ1) is 14.7. The summed E-state index contributed by atoms with van der Waals surface area (Å²) in [5, 5.41) is 2.20. The highest BCUT2D eigenvalue weighted by Gasteiger charge is 2.41. The summed E-state index contributed by atoms with van der Waals surface area (Å²) < 4.78 is 5.76. The molecule has 6 rings (SSSR count). The Morgan fingerprint density at radius 1 is 0.630 bits per heavy atom. The second-order valence-corrected chi connectivity index (χ2v) is 7.25. The van der Waals surface area contributed by atoms with E-state index in [4.69, 9.17) is 4.74 Å². The fraction of sp³-hybridized carbons (Fsp3) is 0.0800. The van der Waals surface area contributed by atoms with Crippen LogP contribution in [0.4, 0.5) is 0 Å². The highest BCUT2D eigenvalue weighted by molar-refractivity contribution is 6.03. The summed E-state index contributed by atoms with van der Waals surface area (Å²) in [6.07, 6.45) is 0. The Morgan fingerprint density at radius 2 is 1.37 bits per heavy atom. The Morgan fingerprint density at radius 3 is 2.19 bits per heavy atom. The molecule has 1 aliphatic heterocycles. The Labute approximate surface area is 157 Å². The van der Waals surface area contributed by atoms with Crippen molar-refractivity contribution in [3.05, 3.63) is 113 Å². The third-order valence-electron chi connectivity index (χ3n) is 5.88. The normalized spacial score (nSPS) is 19.5. The molecule has 0 amide bonds. The molecule has 4 aromatic rings. The number of hydrogen-bond acceptors (Lipinski definition) is 2.